The average molecular weight is 307 g/mol. The number of hydrogen-bond donors (Lipinski definition) is 2. The molecule has 22 heavy (non-hydrogen) atoms. The molecule has 0 aromatic heterocycles. The predicted molar refractivity (Wildman–Crippen MR) is 83.5 cm³/mol. The van der Waals surface area contributed by atoms with Crippen LogP contribution < -0.4 is 14.8 Å². The normalized spacial score (nSPS) is 23.0. The Balaban J connectivity index is 1.66. The van der Waals surface area contributed by atoms with E-state index in [-0.39, 0.29) is 6.10 Å². The van der Waals surface area contributed by atoms with E-state index in [0.717, 1.165) is 23.5 Å². The van der Waals surface area contributed by atoms with Crippen molar-refractivity contribution >= 4 is 0 Å². The first-order valence-electron chi connectivity index (χ1n) is 7.97. The summed E-state index contributed by atoms with van der Waals surface area (Å²) < 4.78 is 16.6. The molecule has 1 aromatic rings. The van der Waals surface area contributed by atoms with E-state index in [1.54, 1.807) is 7.11 Å². The van der Waals surface area contributed by atoms with Gasteiger partial charge in [0.15, 0.2) is 0 Å². The van der Waals surface area contributed by atoms with E-state index in [1.165, 1.54) is 5.56 Å². The Morgan fingerprint density at radius 3 is 2.86 bits per heavy atom. The number of ether oxygens (including phenoxy) is 3. The van der Waals surface area contributed by atoms with Gasteiger partial charge in [-0.25, -0.2) is 0 Å². The van der Waals surface area contributed by atoms with Crippen molar-refractivity contribution in [2.45, 2.75) is 44.4 Å². The third-order valence-electron chi connectivity index (χ3n) is 4.47. The van der Waals surface area contributed by atoms with Crippen LogP contribution in [0, 0.1) is 0 Å². The van der Waals surface area contributed by atoms with Crippen LogP contribution in [0.15, 0.2) is 12.1 Å². The molecular formula is C17H25NO4. The summed E-state index contributed by atoms with van der Waals surface area (Å²) in [5.41, 5.74) is 1.64. The SMILES string of the molecule is COc1cc(CNCC2(O)CCOCC2)c2c(c1)C[C@H](C)O2. The van der Waals surface area contributed by atoms with Gasteiger partial charge in [0.25, 0.3) is 0 Å². The van der Waals surface area contributed by atoms with Gasteiger partial charge in [0.1, 0.15) is 17.6 Å². The van der Waals surface area contributed by atoms with Crippen molar-refractivity contribution in [3.8, 4) is 11.5 Å². The van der Waals surface area contributed by atoms with Gasteiger partial charge in [-0.3, -0.25) is 0 Å². The molecule has 0 aliphatic carbocycles. The van der Waals surface area contributed by atoms with E-state index >= 15 is 0 Å². The maximum atomic E-state index is 10.5. The molecule has 2 aliphatic rings. The molecule has 0 amide bonds. The van der Waals surface area contributed by atoms with Gasteiger partial charge < -0.3 is 24.6 Å². The fourth-order valence-corrected chi connectivity index (χ4v) is 3.19. The van der Waals surface area contributed by atoms with Crippen LogP contribution in [0.1, 0.15) is 30.9 Å². The Bertz CT molecular complexity index is 526. The van der Waals surface area contributed by atoms with E-state index in [2.05, 4.69) is 12.2 Å². The fourth-order valence-electron chi connectivity index (χ4n) is 3.19. The topological polar surface area (TPSA) is 60.0 Å². The van der Waals surface area contributed by atoms with Gasteiger partial charge in [-0.05, 0) is 19.1 Å². The first-order chi connectivity index (χ1) is 10.6. The molecule has 2 heterocycles. The van der Waals surface area contributed by atoms with Crippen molar-refractivity contribution in [3.63, 3.8) is 0 Å². The maximum absolute atomic E-state index is 10.5. The molecule has 0 unspecified atom stereocenters. The smallest absolute Gasteiger partial charge is 0.127 e. The van der Waals surface area contributed by atoms with Crippen molar-refractivity contribution in [1.29, 1.82) is 0 Å². The highest BCUT2D eigenvalue weighted by Gasteiger charge is 2.29. The molecule has 1 atom stereocenters. The lowest BCUT2D eigenvalue weighted by molar-refractivity contribution is -0.0617. The summed E-state index contributed by atoms with van der Waals surface area (Å²) in [5, 5.41) is 13.9. The molecule has 2 N–H and O–H groups in total. The molecule has 0 saturated carbocycles. The Morgan fingerprint density at radius 2 is 2.14 bits per heavy atom. The molecule has 5 heteroatoms. The van der Waals surface area contributed by atoms with Crippen LogP contribution in [0.25, 0.3) is 0 Å². The number of nitrogens with one attached hydrogen (secondary N) is 1. The minimum atomic E-state index is -0.658. The zero-order valence-corrected chi connectivity index (χ0v) is 13.4. The largest absolute Gasteiger partial charge is 0.497 e. The van der Waals surface area contributed by atoms with Crippen molar-refractivity contribution in [3.05, 3.63) is 23.3 Å². The van der Waals surface area contributed by atoms with Gasteiger partial charge in [-0.15, -0.1) is 0 Å². The van der Waals surface area contributed by atoms with Gasteiger partial charge in [-0.2, -0.15) is 0 Å². The number of rotatable bonds is 5. The molecule has 5 nitrogen and oxygen atoms in total. The van der Waals surface area contributed by atoms with Crippen LogP contribution in [0.3, 0.4) is 0 Å². The molecule has 1 aromatic carbocycles. The van der Waals surface area contributed by atoms with Crippen LogP contribution in [-0.4, -0.2) is 43.7 Å². The first kappa shape index (κ1) is 15.6. The second-order valence-corrected chi connectivity index (χ2v) is 6.35. The molecule has 3 rings (SSSR count). The van der Waals surface area contributed by atoms with Crippen LogP contribution >= 0.6 is 0 Å². The molecule has 0 spiro atoms. The highest BCUT2D eigenvalue weighted by atomic mass is 16.5. The minimum absolute atomic E-state index is 0.209. The Hall–Kier alpha value is -1.30. The molecule has 0 radical (unpaired) electrons. The van der Waals surface area contributed by atoms with Crippen LogP contribution in [0.4, 0.5) is 0 Å². The quantitative estimate of drug-likeness (QED) is 0.866. The zero-order chi connectivity index (χ0) is 15.6. The third-order valence-corrected chi connectivity index (χ3v) is 4.47. The van der Waals surface area contributed by atoms with Gasteiger partial charge in [0.05, 0.1) is 12.7 Å². The molecular weight excluding hydrogens is 282 g/mol. The molecule has 2 aliphatic heterocycles. The van der Waals surface area contributed by atoms with Gasteiger partial charge in [0, 0.05) is 56.7 Å². The highest BCUT2D eigenvalue weighted by molar-refractivity contribution is 5.49. The van der Waals surface area contributed by atoms with Crippen LogP contribution in [0.2, 0.25) is 0 Å². The highest BCUT2D eigenvalue weighted by Crippen LogP contribution is 2.36. The molecule has 122 valence electrons. The summed E-state index contributed by atoms with van der Waals surface area (Å²) in [5.74, 6) is 1.83. The van der Waals surface area contributed by atoms with E-state index in [4.69, 9.17) is 14.2 Å². The molecule has 0 bridgehead atoms. The van der Waals surface area contributed by atoms with Crippen molar-refractivity contribution in [1.82, 2.24) is 5.32 Å². The number of methoxy groups -OCH3 is 1. The Labute approximate surface area is 131 Å². The number of fused-ring (bicyclic) bond motifs is 1. The Morgan fingerprint density at radius 1 is 1.36 bits per heavy atom. The summed E-state index contributed by atoms with van der Waals surface area (Å²) >= 11 is 0. The predicted octanol–water partition coefficient (Wildman–Crippen LogP) is 1.65. The second kappa shape index (κ2) is 6.44. The lowest BCUT2D eigenvalue weighted by Crippen LogP contribution is -2.44. The third kappa shape index (κ3) is 3.37. The van der Waals surface area contributed by atoms with E-state index in [1.807, 2.05) is 12.1 Å². The van der Waals surface area contributed by atoms with Gasteiger partial charge in [-0.1, -0.05) is 0 Å². The summed E-state index contributed by atoms with van der Waals surface area (Å²) in [7, 11) is 1.68. The van der Waals surface area contributed by atoms with Crippen LogP contribution in [0.5, 0.6) is 11.5 Å². The lowest BCUT2D eigenvalue weighted by Gasteiger charge is -2.32. The van der Waals surface area contributed by atoms with Crippen LogP contribution in [-0.2, 0) is 17.7 Å². The Kier molecular flexibility index (Phi) is 4.57. The van der Waals surface area contributed by atoms with Gasteiger partial charge >= 0.3 is 0 Å². The number of hydrogen-bond acceptors (Lipinski definition) is 5. The monoisotopic (exact) mass is 307 g/mol. The summed E-state index contributed by atoms with van der Waals surface area (Å²) in [6, 6.07) is 4.06. The van der Waals surface area contributed by atoms with Crippen molar-refractivity contribution in [2.24, 2.45) is 0 Å². The summed E-state index contributed by atoms with van der Waals surface area (Å²) in [4.78, 5) is 0. The van der Waals surface area contributed by atoms with E-state index in [9.17, 15) is 5.11 Å². The number of aliphatic hydroxyl groups is 1. The van der Waals surface area contributed by atoms with E-state index in [0.29, 0.717) is 39.1 Å². The lowest BCUT2D eigenvalue weighted by atomic mass is 9.94. The summed E-state index contributed by atoms with van der Waals surface area (Å²) in [6.45, 7) is 4.57. The zero-order valence-electron chi connectivity index (χ0n) is 13.4. The second-order valence-electron chi connectivity index (χ2n) is 6.35. The van der Waals surface area contributed by atoms with Gasteiger partial charge in [0.2, 0.25) is 0 Å². The van der Waals surface area contributed by atoms with Crippen molar-refractivity contribution < 1.29 is 19.3 Å². The number of benzene rings is 1. The summed E-state index contributed by atoms with van der Waals surface area (Å²) in [6.07, 6.45) is 2.49. The molecule has 1 saturated heterocycles. The fraction of sp³-hybridized carbons (Fsp3) is 0.647. The first-order valence-corrected chi connectivity index (χ1v) is 7.97. The van der Waals surface area contributed by atoms with E-state index < -0.39 is 5.60 Å². The standard InChI is InChI=1S/C17H25NO4/c1-12-7-13-8-15(20-2)9-14(16(13)22-12)10-18-11-17(19)3-5-21-6-4-17/h8-9,12,18-19H,3-7,10-11H2,1-2H3/t12-/m0/s1. The van der Waals surface area contributed by atoms with Crippen molar-refractivity contribution in [2.75, 3.05) is 26.9 Å². The molecule has 1 fully saturated rings. The minimum Gasteiger partial charge on any atom is -0.497 e. The maximum Gasteiger partial charge on any atom is 0.127 e. The average Bonchev–Trinajstić information content (AvgIpc) is 2.88.